The van der Waals surface area contributed by atoms with Crippen LogP contribution < -0.4 is 0 Å². The van der Waals surface area contributed by atoms with Crippen LogP contribution in [0.5, 0.6) is 0 Å². The van der Waals surface area contributed by atoms with Gasteiger partial charge in [-0.1, -0.05) is 84.0 Å². The molecule has 2 aliphatic carbocycles. The predicted octanol–water partition coefficient (Wildman–Crippen LogP) is 7.46. The van der Waals surface area contributed by atoms with E-state index >= 15 is 0 Å². The number of amides is 1. The van der Waals surface area contributed by atoms with Crippen molar-refractivity contribution in [2.75, 3.05) is 7.05 Å². The second-order valence-corrected chi connectivity index (χ2v) is 10.4. The lowest BCUT2D eigenvalue weighted by Gasteiger charge is -2.31. The van der Waals surface area contributed by atoms with E-state index in [9.17, 15) is 9.59 Å². The zero-order chi connectivity index (χ0) is 21.6. The maximum Gasteiger partial charge on any atom is 0.222 e. The molecule has 0 heterocycles. The summed E-state index contributed by atoms with van der Waals surface area (Å²) in [6, 6.07) is 0.494. The number of nitrogens with zero attached hydrogens (tertiary/aromatic N) is 1. The van der Waals surface area contributed by atoms with Gasteiger partial charge in [0.05, 0.1) is 0 Å². The number of carbonyl (C=O) groups excluding carboxylic acids is 2. The highest BCUT2D eigenvalue weighted by Crippen LogP contribution is 2.29. The fraction of sp³-hybridized carbons (Fsp3) is 0.926. The van der Waals surface area contributed by atoms with Crippen molar-refractivity contribution in [3.8, 4) is 0 Å². The lowest BCUT2D eigenvalue weighted by Crippen LogP contribution is -2.38. The molecule has 2 aliphatic rings. The third-order valence-electron chi connectivity index (χ3n) is 7.86. The first-order valence-corrected chi connectivity index (χ1v) is 13.4. The van der Waals surface area contributed by atoms with Crippen molar-refractivity contribution < 1.29 is 9.59 Å². The molecule has 174 valence electrons. The van der Waals surface area contributed by atoms with Gasteiger partial charge >= 0.3 is 0 Å². The van der Waals surface area contributed by atoms with Gasteiger partial charge in [-0.3, -0.25) is 9.59 Å². The summed E-state index contributed by atoms with van der Waals surface area (Å²) in [5, 5.41) is 0. The highest BCUT2D eigenvalue weighted by molar-refractivity contribution is 5.80. The van der Waals surface area contributed by atoms with Gasteiger partial charge in [0.15, 0.2) is 0 Å². The fourth-order valence-electron chi connectivity index (χ4n) is 5.50. The topological polar surface area (TPSA) is 37.4 Å². The van der Waals surface area contributed by atoms with E-state index in [2.05, 4.69) is 6.92 Å². The van der Waals surface area contributed by atoms with Crippen LogP contribution >= 0.6 is 0 Å². The van der Waals surface area contributed by atoms with Gasteiger partial charge in [0.2, 0.25) is 5.91 Å². The van der Waals surface area contributed by atoms with Crippen LogP contribution in [0, 0.1) is 11.8 Å². The first kappa shape index (κ1) is 25.4. The maximum atomic E-state index is 12.4. The zero-order valence-electron chi connectivity index (χ0n) is 20.1. The van der Waals surface area contributed by atoms with E-state index in [4.69, 9.17) is 0 Å². The summed E-state index contributed by atoms with van der Waals surface area (Å²) in [6.45, 7) is 2.15. The Bertz CT molecular complexity index is 477. The molecule has 1 amide bonds. The van der Waals surface area contributed by atoms with Crippen molar-refractivity contribution >= 4 is 11.7 Å². The molecular weight excluding hydrogens is 370 g/mol. The average Bonchev–Trinajstić information content (AvgIpc) is 2.79. The van der Waals surface area contributed by atoms with Crippen molar-refractivity contribution in [1.82, 2.24) is 4.90 Å². The molecule has 2 fully saturated rings. The summed E-state index contributed by atoms with van der Waals surface area (Å²) < 4.78 is 0. The van der Waals surface area contributed by atoms with Crippen molar-refractivity contribution in [2.45, 2.75) is 141 Å². The zero-order valence-corrected chi connectivity index (χ0v) is 20.1. The monoisotopic (exact) mass is 419 g/mol. The Labute approximate surface area is 186 Å². The van der Waals surface area contributed by atoms with E-state index in [0.29, 0.717) is 24.2 Å². The van der Waals surface area contributed by atoms with E-state index in [-0.39, 0.29) is 5.92 Å². The Morgan fingerprint density at radius 1 is 0.767 bits per heavy atom. The summed E-state index contributed by atoms with van der Waals surface area (Å²) in [7, 11) is 2.01. The Morgan fingerprint density at radius 2 is 1.30 bits per heavy atom. The van der Waals surface area contributed by atoms with Crippen LogP contribution in [-0.4, -0.2) is 29.7 Å². The van der Waals surface area contributed by atoms with Gasteiger partial charge in [-0.25, -0.2) is 0 Å². The summed E-state index contributed by atoms with van der Waals surface area (Å²) >= 11 is 0. The summed E-state index contributed by atoms with van der Waals surface area (Å²) in [5.41, 5.74) is 0. The van der Waals surface area contributed by atoms with Crippen molar-refractivity contribution in [3.63, 3.8) is 0 Å². The number of Topliss-reactive ketones (excluding diaryl/α,β-unsaturated/α-hetero) is 1. The van der Waals surface area contributed by atoms with Gasteiger partial charge < -0.3 is 4.90 Å². The molecule has 0 aromatic heterocycles. The summed E-state index contributed by atoms with van der Waals surface area (Å²) in [4.78, 5) is 26.8. The van der Waals surface area contributed by atoms with Gasteiger partial charge in [0, 0.05) is 31.8 Å². The maximum absolute atomic E-state index is 12.4. The molecule has 3 nitrogen and oxygen atoms in total. The number of ketones is 1. The second-order valence-electron chi connectivity index (χ2n) is 10.4. The average molecular weight is 420 g/mol. The summed E-state index contributed by atoms with van der Waals surface area (Å²) in [5.74, 6) is 1.99. The largest absolute Gasteiger partial charge is 0.343 e. The lowest BCUT2D eigenvalue weighted by atomic mass is 9.83. The number of rotatable bonds is 14. The Kier molecular flexibility index (Phi) is 12.7. The minimum atomic E-state index is 0.263. The van der Waals surface area contributed by atoms with Crippen molar-refractivity contribution in [1.29, 1.82) is 0 Å². The number of unbranched alkanes of at least 4 members (excludes halogenated alkanes) is 5. The van der Waals surface area contributed by atoms with Gasteiger partial charge in [0.25, 0.3) is 0 Å². The van der Waals surface area contributed by atoms with Gasteiger partial charge in [0.1, 0.15) is 5.78 Å². The van der Waals surface area contributed by atoms with E-state index in [1.54, 1.807) is 0 Å². The molecule has 0 aliphatic heterocycles. The van der Waals surface area contributed by atoms with Gasteiger partial charge in [-0.2, -0.15) is 0 Å². The van der Waals surface area contributed by atoms with Crippen LogP contribution in [0.2, 0.25) is 0 Å². The van der Waals surface area contributed by atoms with Crippen LogP contribution in [0.25, 0.3) is 0 Å². The molecule has 2 rings (SSSR count). The number of hydrogen-bond acceptors (Lipinski definition) is 2. The molecular formula is C27H49NO2. The molecule has 0 aromatic carbocycles. The number of hydrogen-bond donors (Lipinski definition) is 0. The van der Waals surface area contributed by atoms with Crippen molar-refractivity contribution in [3.05, 3.63) is 0 Å². The Morgan fingerprint density at radius 3 is 1.93 bits per heavy atom. The van der Waals surface area contributed by atoms with E-state index in [0.717, 1.165) is 44.4 Å². The first-order valence-electron chi connectivity index (χ1n) is 13.4. The van der Waals surface area contributed by atoms with Crippen LogP contribution in [-0.2, 0) is 9.59 Å². The third kappa shape index (κ3) is 9.96. The van der Waals surface area contributed by atoms with Gasteiger partial charge in [-0.05, 0) is 44.4 Å². The molecule has 0 N–H and O–H groups in total. The molecule has 0 unspecified atom stereocenters. The molecule has 0 bridgehead atoms. The molecule has 1 atom stereocenters. The summed E-state index contributed by atoms with van der Waals surface area (Å²) in [6.07, 6.45) is 23.9. The molecule has 0 radical (unpaired) electrons. The minimum absolute atomic E-state index is 0.263. The highest BCUT2D eigenvalue weighted by atomic mass is 16.2. The molecule has 2 saturated carbocycles. The molecule has 0 aromatic rings. The third-order valence-corrected chi connectivity index (χ3v) is 7.86. The minimum Gasteiger partial charge on any atom is -0.343 e. The van der Waals surface area contributed by atoms with E-state index < -0.39 is 0 Å². The van der Waals surface area contributed by atoms with Crippen LogP contribution in [0.1, 0.15) is 135 Å². The fourth-order valence-corrected chi connectivity index (χ4v) is 5.50. The van der Waals surface area contributed by atoms with Crippen molar-refractivity contribution in [2.24, 2.45) is 11.8 Å². The molecule has 30 heavy (non-hydrogen) atoms. The SMILES string of the molecule is C[C@H](CCC1CCCCC1)C(=O)CCCCCCCCC(=O)N(C)C1CCCCC1. The highest BCUT2D eigenvalue weighted by Gasteiger charge is 2.21. The van der Waals surface area contributed by atoms with Crippen LogP contribution in [0.3, 0.4) is 0 Å². The lowest BCUT2D eigenvalue weighted by molar-refractivity contribution is -0.132. The molecule has 3 heteroatoms. The Balaban J connectivity index is 1.41. The van der Waals surface area contributed by atoms with E-state index in [1.807, 2.05) is 11.9 Å². The van der Waals surface area contributed by atoms with Gasteiger partial charge in [-0.15, -0.1) is 0 Å². The number of carbonyl (C=O) groups is 2. The van der Waals surface area contributed by atoms with Crippen LogP contribution in [0.15, 0.2) is 0 Å². The molecule has 0 saturated heterocycles. The standard InChI is InChI=1S/C27H49NO2/c1-23(21-22-24-15-9-7-10-16-24)26(29)19-13-5-3-4-6-14-20-27(30)28(2)25-17-11-8-12-18-25/h23-25H,3-22H2,1-2H3/t23-/m1/s1. The molecule has 0 spiro atoms. The second kappa shape index (κ2) is 15.0. The predicted molar refractivity (Wildman–Crippen MR) is 127 cm³/mol. The Hall–Kier alpha value is -0.860. The van der Waals surface area contributed by atoms with Crippen LogP contribution in [0.4, 0.5) is 0 Å². The quantitative estimate of drug-likeness (QED) is 0.274. The normalized spacial score (nSPS) is 19.5. The van der Waals surface area contributed by atoms with E-state index in [1.165, 1.54) is 83.5 Å². The first-order chi connectivity index (χ1) is 14.6. The smallest absolute Gasteiger partial charge is 0.222 e.